The van der Waals surface area contributed by atoms with Crippen LogP contribution in [0.5, 0.6) is 0 Å². The Balaban J connectivity index is 1.80. The molecule has 0 saturated heterocycles. The van der Waals surface area contributed by atoms with Gasteiger partial charge in [0.25, 0.3) is 0 Å². The van der Waals surface area contributed by atoms with Gasteiger partial charge in [-0.2, -0.15) is 11.8 Å². The van der Waals surface area contributed by atoms with Gasteiger partial charge in [-0.15, -0.1) is 0 Å². The molecule has 122 valence electrons. The Morgan fingerprint density at radius 1 is 1.24 bits per heavy atom. The number of carbonyl (C=O) groups excluding carboxylic acids is 1. The Kier molecular flexibility index (Phi) is 6.87. The summed E-state index contributed by atoms with van der Waals surface area (Å²) >= 11 is 2.04. The van der Waals surface area contributed by atoms with Crippen molar-refractivity contribution in [3.63, 3.8) is 0 Å². The van der Waals surface area contributed by atoms with E-state index in [-0.39, 0.29) is 11.9 Å². The molecule has 0 bridgehead atoms. The van der Waals surface area contributed by atoms with Crippen LogP contribution in [0, 0.1) is 5.92 Å². The number of nitrogens with one attached hydrogen (secondary N) is 1. The number of rotatable bonds is 6. The number of hydrogen-bond acceptors (Lipinski definition) is 4. The van der Waals surface area contributed by atoms with E-state index < -0.39 is 0 Å². The topological polar surface area (TPSA) is 38.3 Å². The molecule has 3 nitrogen and oxygen atoms in total. The van der Waals surface area contributed by atoms with Crippen molar-refractivity contribution in [1.82, 2.24) is 5.32 Å². The van der Waals surface area contributed by atoms with Gasteiger partial charge in [0.2, 0.25) is 0 Å². The van der Waals surface area contributed by atoms with Crippen LogP contribution in [0.1, 0.15) is 64.7 Å². The molecule has 0 aromatic rings. The molecule has 4 heteroatoms. The minimum absolute atomic E-state index is 0.0150. The standard InChI is InChI=1S/C17H31NO2S/c1-3-20-16(19)14-8-7-9-15(12-14)18-13-17(21-2)10-5-4-6-11-17/h14-15,18H,3-13H2,1-2H3. The monoisotopic (exact) mass is 313 g/mol. The quantitative estimate of drug-likeness (QED) is 0.758. The summed E-state index contributed by atoms with van der Waals surface area (Å²) in [6.07, 6.45) is 13.4. The van der Waals surface area contributed by atoms with Crippen LogP contribution in [0.15, 0.2) is 0 Å². The number of hydrogen-bond donors (Lipinski definition) is 1. The average Bonchev–Trinajstić information content (AvgIpc) is 2.54. The lowest BCUT2D eigenvalue weighted by Crippen LogP contribution is -2.45. The van der Waals surface area contributed by atoms with Crippen LogP contribution >= 0.6 is 11.8 Å². The van der Waals surface area contributed by atoms with Crippen molar-refractivity contribution in [3.05, 3.63) is 0 Å². The van der Waals surface area contributed by atoms with E-state index in [1.54, 1.807) is 0 Å². The van der Waals surface area contributed by atoms with Crippen molar-refractivity contribution < 1.29 is 9.53 Å². The smallest absolute Gasteiger partial charge is 0.308 e. The molecule has 2 unspecified atom stereocenters. The maximum atomic E-state index is 11.9. The number of carbonyl (C=O) groups is 1. The molecule has 2 atom stereocenters. The molecule has 0 heterocycles. The summed E-state index contributed by atoms with van der Waals surface area (Å²) in [4.78, 5) is 11.9. The Labute approximate surface area is 134 Å². The van der Waals surface area contributed by atoms with Gasteiger partial charge in [0.1, 0.15) is 0 Å². The first-order valence-electron chi connectivity index (χ1n) is 8.64. The van der Waals surface area contributed by atoms with E-state index in [9.17, 15) is 4.79 Å². The first-order valence-corrected chi connectivity index (χ1v) is 9.87. The van der Waals surface area contributed by atoms with E-state index in [1.165, 1.54) is 38.5 Å². The Morgan fingerprint density at radius 3 is 2.67 bits per heavy atom. The highest BCUT2D eigenvalue weighted by molar-refractivity contribution is 8.00. The van der Waals surface area contributed by atoms with Crippen molar-refractivity contribution in [3.8, 4) is 0 Å². The van der Waals surface area contributed by atoms with E-state index in [2.05, 4.69) is 11.6 Å². The van der Waals surface area contributed by atoms with Gasteiger partial charge in [-0.1, -0.05) is 25.7 Å². The van der Waals surface area contributed by atoms with Crippen molar-refractivity contribution in [2.45, 2.75) is 75.5 Å². The summed E-state index contributed by atoms with van der Waals surface area (Å²) in [6, 6.07) is 0.499. The molecule has 0 aromatic carbocycles. The lowest BCUT2D eigenvalue weighted by Gasteiger charge is -2.38. The zero-order chi connectivity index (χ0) is 15.1. The number of esters is 1. The highest BCUT2D eigenvalue weighted by Crippen LogP contribution is 2.38. The van der Waals surface area contributed by atoms with Crippen LogP contribution in [0.4, 0.5) is 0 Å². The SMILES string of the molecule is CCOC(=O)C1CCCC(NCC2(SC)CCCCC2)C1. The van der Waals surface area contributed by atoms with Gasteiger partial charge in [-0.3, -0.25) is 4.79 Å². The van der Waals surface area contributed by atoms with E-state index >= 15 is 0 Å². The normalized spacial score (nSPS) is 29.0. The van der Waals surface area contributed by atoms with E-state index in [4.69, 9.17) is 4.74 Å². The number of thioether (sulfide) groups is 1. The Hall–Kier alpha value is -0.220. The molecular weight excluding hydrogens is 282 g/mol. The van der Waals surface area contributed by atoms with Crippen LogP contribution in [-0.4, -0.2) is 36.2 Å². The van der Waals surface area contributed by atoms with E-state index in [0.717, 1.165) is 25.8 Å². The summed E-state index contributed by atoms with van der Waals surface area (Å²) < 4.78 is 5.63. The van der Waals surface area contributed by atoms with Crippen LogP contribution < -0.4 is 5.32 Å². The number of ether oxygens (including phenoxy) is 1. The summed E-state index contributed by atoms with van der Waals surface area (Å²) in [7, 11) is 0. The molecule has 2 rings (SSSR count). The third-order valence-corrected chi connectivity index (χ3v) is 6.62. The van der Waals surface area contributed by atoms with Gasteiger partial charge < -0.3 is 10.1 Å². The second kappa shape index (κ2) is 8.42. The minimum atomic E-state index is 0.0150. The third-order valence-electron chi connectivity index (χ3n) is 5.20. The Morgan fingerprint density at radius 2 is 2.00 bits per heavy atom. The van der Waals surface area contributed by atoms with Gasteiger partial charge >= 0.3 is 5.97 Å². The highest BCUT2D eigenvalue weighted by atomic mass is 32.2. The van der Waals surface area contributed by atoms with Crippen molar-refractivity contribution in [1.29, 1.82) is 0 Å². The van der Waals surface area contributed by atoms with Gasteiger partial charge in [0.05, 0.1) is 12.5 Å². The zero-order valence-corrected chi connectivity index (χ0v) is 14.5. The molecule has 21 heavy (non-hydrogen) atoms. The van der Waals surface area contributed by atoms with Crippen LogP contribution in [0.25, 0.3) is 0 Å². The summed E-state index contributed by atoms with van der Waals surface area (Å²) in [5.41, 5.74) is 0. The highest BCUT2D eigenvalue weighted by Gasteiger charge is 2.33. The third kappa shape index (κ3) is 4.88. The average molecular weight is 314 g/mol. The predicted molar refractivity (Wildman–Crippen MR) is 89.7 cm³/mol. The molecule has 2 aliphatic rings. The second-order valence-electron chi connectivity index (χ2n) is 6.64. The van der Waals surface area contributed by atoms with Crippen molar-refractivity contribution in [2.24, 2.45) is 5.92 Å². The maximum Gasteiger partial charge on any atom is 0.308 e. The summed E-state index contributed by atoms with van der Waals surface area (Å²) in [5.74, 6) is 0.133. The lowest BCUT2D eigenvalue weighted by atomic mass is 9.84. The zero-order valence-electron chi connectivity index (χ0n) is 13.7. The van der Waals surface area contributed by atoms with E-state index in [1.807, 2.05) is 18.7 Å². The van der Waals surface area contributed by atoms with Gasteiger partial charge in [-0.25, -0.2) is 0 Å². The van der Waals surface area contributed by atoms with Gasteiger partial charge in [0, 0.05) is 17.3 Å². The van der Waals surface area contributed by atoms with Crippen LogP contribution in [-0.2, 0) is 9.53 Å². The molecule has 0 aromatic heterocycles. The minimum Gasteiger partial charge on any atom is -0.466 e. The maximum absolute atomic E-state index is 11.9. The first kappa shape index (κ1) is 17.1. The first-order chi connectivity index (χ1) is 10.2. The lowest BCUT2D eigenvalue weighted by molar-refractivity contribution is -0.149. The predicted octanol–water partition coefficient (Wildman–Crippen LogP) is 3.76. The molecule has 0 aliphatic heterocycles. The fourth-order valence-corrected chi connectivity index (χ4v) is 4.75. The summed E-state index contributed by atoms with van der Waals surface area (Å²) in [5, 5.41) is 3.78. The molecule has 1 N–H and O–H groups in total. The summed E-state index contributed by atoms with van der Waals surface area (Å²) in [6.45, 7) is 3.50. The largest absolute Gasteiger partial charge is 0.466 e. The van der Waals surface area contributed by atoms with Crippen LogP contribution in [0.2, 0.25) is 0 Å². The molecule has 2 fully saturated rings. The van der Waals surface area contributed by atoms with E-state index in [0.29, 0.717) is 17.4 Å². The molecule has 2 saturated carbocycles. The van der Waals surface area contributed by atoms with Gasteiger partial charge in [0.15, 0.2) is 0 Å². The second-order valence-corrected chi connectivity index (χ2v) is 7.92. The van der Waals surface area contributed by atoms with Gasteiger partial charge in [-0.05, 0) is 45.3 Å². The Bertz CT molecular complexity index is 329. The van der Waals surface area contributed by atoms with Crippen molar-refractivity contribution >= 4 is 17.7 Å². The molecule has 0 spiro atoms. The molecule has 0 radical (unpaired) electrons. The van der Waals surface area contributed by atoms with Crippen LogP contribution in [0.3, 0.4) is 0 Å². The molecule has 0 amide bonds. The fraction of sp³-hybridized carbons (Fsp3) is 0.941. The van der Waals surface area contributed by atoms with Crippen molar-refractivity contribution in [2.75, 3.05) is 19.4 Å². The molecular formula is C17H31NO2S. The fourth-order valence-electron chi connectivity index (χ4n) is 3.83. The molecule has 2 aliphatic carbocycles.